The first-order valence-corrected chi connectivity index (χ1v) is 7.65. The lowest BCUT2D eigenvalue weighted by Gasteiger charge is -2.15. The highest BCUT2D eigenvalue weighted by Gasteiger charge is 2.19. The smallest absolute Gasteiger partial charge is 0.274 e. The summed E-state index contributed by atoms with van der Waals surface area (Å²) in [6, 6.07) is 11.6. The molecule has 0 saturated heterocycles. The minimum atomic E-state index is -0.741. The molecule has 7 heteroatoms. The van der Waals surface area contributed by atoms with Gasteiger partial charge >= 0.3 is 0 Å². The molecule has 6 nitrogen and oxygen atoms in total. The highest BCUT2D eigenvalue weighted by Crippen LogP contribution is 2.25. The van der Waals surface area contributed by atoms with Crippen LogP contribution >= 0.6 is 15.9 Å². The Kier molecular flexibility index (Phi) is 5.33. The molecule has 1 N–H and O–H groups in total. The number of amides is 1. The summed E-state index contributed by atoms with van der Waals surface area (Å²) >= 11 is 3.32. The van der Waals surface area contributed by atoms with E-state index in [0.29, 0.717) is 17.0 Å². The number of anilines is 1. The van der Waals surface area contributed by atoms with Gasteiger partial charge in [0.1, 0.15) is 5.75 Å². The van der Waals surface area contributed by atoms with E-state index in [1.54, 1.807) is 32.0 Å². The van der Waals surface area contributed by atoms with E-state index in [2.05, 4.69) is 21.2 Å². The molecule has 0 aromatic heterocycles. The summed E-state index contributed by atoms with van der Waals surface area (Å²) < 4.78 is 6.47. The second-order valence-electron chi connectivity index (χ2n) is 4.91. The third-order valence-electron chi connectivity index (χ3n) is 3.26. The number of halogens is 1. The number of benzene rings is 2. The Balaban J connectivity index is 2.08. The summed E-state index contributed by atoms with van der Waals surface area (Å²) in [7, 11) is 0. The van der Waals surface area contributed by atoms with Crippen LogP contribution in [0.15, 0.2) is 46.9 Å². The van der Waals surface area contributed by atoms with Gasteiger partial charge < -0.3 is 10.1 Å². The van der Waals surface area contributed by atoms with E-state index in [1.807, 2.05) is 12.1 Å². The summed E-state index contributed by atoms with van der Waals surface area (Å²) in [6.07, 6.45) is -0.741. The first-order chi connectivity index (χ1) is 10.9. The van der Waals surface area contributed by atoms with Crippen LogP contribution < -0.4 is 10.1 Å². The van der Waals surface area contributed by atoms with Gasteiger partial charge in [-0.15, -0.1) is 0 Å². The van der Waals surface area contributed by atoms with Crippen molar-refractivity contribution in [3.05, 3.63) is 62.6 Å². The van der Waals surface area contributed by atoms with Gasteiger partial charge in [-0.25, -0.2) is 0 Å². The number of carbonyl (C=O) groups excluding carboxylic acids is 1. The predicted octanol–water partition coefficient (Wildman–Crippen LogP) is 4.07. The zero-order chi connectivity index (χ0) is 17.0. The van der Waals surface area contributed by atoms with Crippen LogP contribution in [0.1, 0.15) is 12.5 Å². The zero-order valence-corrected chi connectivity index (χ0v) is 14.2. The molecule has 2 aromatic rings. The van der Waals surface area contributed by atoms with E-state index in [4.69, 9.17) is 4.74 Å². The van der Waals surface area contributed by atoms with Gasteiger partial charge in [-0.05, 0) is 44.2 Å². The van der Waals surface area contributed by atoms with Gasteiger partial charge in [0.2, 0.25) is 0 Å². The van der Waals surface area contributed by atoms with Gasteiger partial charge in [0.15, 0.2) is 6.10 Å². The van der Waals surface area contributed by atoms with Crippen LogP contribution in [0.2, 0.25) is 0 Å². The minimum absolute atomic E-state index is 0.0377. The third kappa shape index (κ3) is 4.29. The van der Waals surface area contributed by atoms with Gasteiger partial charge in [0, 0.05) is 10.5 Å². The lowest BCUT2D eigenvalue weighted by atomic mass is 10.1. The van der Waals surface area contributed by atoms with Crippen molar-refractivity contribution in [3.63, 3.8) is 0 Å². The summed E-state index contributed by atoms with van der Waals surface area (Å²) in [5.74, 6) is 0.183. The predicted molar refractivity (Wildman–Crippen MR) is 90.7 cm³/mol. The molecule has 0 aliphatic carbocycles. The number of carbonyl (C=O) groups is 1. The molecule has 0 heterocycles. The highest BCUT2D eigenvalue weighted by molar-refractivity contribution is 9.10. The minimum Gasteiger partial charge on any atom is -0.481 e. The average Bonchev–Trinajstić information content (AvgIpc) is 2.51. The Morgan fingerprint density at radius 1 is 1.26 bits per heavy atom. The summed E-state index contributed by atoms with van der Waals surface area (Å²) in [5, 5.41) is 13.6. The summed E-state index contributed by atoms with van der Waals surface area (Å²) in [5.41, 5.74) is 0.765. The third-order valence-corrected chi connectivity index (χ3v) is 3.78. The Morgan fingerprint density at radius 3 is 2.52 bits per heavy atom. The Hall–Kier alpha value is -2.41. The van der Waals surface area contributed by atoms with Gasteiger partial charge in [-0.3, -0.25) is 14.9 Å². The molecule has 0 bridgehead atoms. The fraction of sp³-hybridized carbons (Fsp3) is 0.188. The molecule has 1 unspecified atom stereocenters. The van der Waals surface area contributed by atoms with Crippen LogP contribution in [0.3, 0.4) is 0 Å². The van der Waals surface area contributed by atoms with Crippen molar-refractivity contribution in [3.8, 4) is 5.75 Å². The largest absolute Gasteiger partial charge is 0.481 e. The van der Waals surface area contributed by atoms with Crippen molar-refractivity contribution in [1.29, 1.82) is 0 Å². The topological polar surface area (TPSA) is 81.5 Å². The van der Waals surface area contributed by atoms with E-state index >= 15 is 0 Å². The molecule has 0 spiro atoms. The van der Waals surface area contributed by atoms with E-state index < -0.39 is 11.0 Å². The van der Waals surface area contributed by atoms with E-state index in [0.717, 1.165) is 4.47 Å². The first-order valence-electron chi connectivity index (χ1n) is 6.85. The van der Waals surface area contributed by atoms with Crippen LogP contribution in [0.25, 0.3) is 0 Å². The van der Waals surface area contributed by atoms with Gasteiger partial charge in [0.05, 0.1) is 16.2 Å². The van der Waals surface area contributed by atoms with Crippen molar-refractivity contribution >= 4 is 33.2 Å². The number of ether oxygens (including phenoxy) is 1. The molecule has 0 radical (unpaired) electrons. The Morgan fingerprint density at radius 2 is 1.91 bits per heavy atom. The maximum absolute atomic E-state index is 12.2. The number of nitro groups is 1. The van der Waals surface area contributed by atoms with Crippen molar-refractivity contribution < 1.29 is 14.5 Å². The monoisotopic (exact) mass is 378 g/mol. The molecule has 2 rings (SSSR count). The number of nitrogens with zero attached hydrogens (tertiary/aromatic N) is 1. The summed E-state index contributed by atoms with van der Waals surface area (Å²) in [6.45, 7) is 3.21. The molecule has 0 saturated carbocycles. The Bertz CT molecular complexity index is 731. The summed E-state index contributed by atoms with van der Waals surface area (Å²) in [4.78, 5) is 22.6. The van der Waals surface area contributed by atoms with Crippen LogP contribution in [-0.2, 0) is 4.79 Å². The molecular formula is C16H15BrN2O4. The van der Waals surface area contributed by atoms with E-state index in [-0.39, 0.29) is 11.6 Å². The molecule has 1 atom stereocenters. The Labute approximate surface area is 141 Å². The zero-order valence-electron chi connectivity index (χ0n) is 12.6. The fourth-order valence-corrected chi connectivity index (χ4v) is 2.23. The lowest BCUT2D eigenvalue weighted by Crippen LogP contribution is -2.30. The van der Waals surface area contributed by atoms with Crippen LogP contribution in [0, 0.1) is 17.0 Å². The highest BCUT2D eigenvalue weighted by atomic mass is 79.9. The van der Waals surface area contributed by atoms with Crippen LogP contribution in [0.5, 0.6) is 5.75 Å². The fourth-order valence-electron chi connectivity index (χ4n) is 1.96. The second-order valence-corrected chi connectivity index (χ2v) is 5.83. The van der Waals surface area contributed by atoms with E-state index in [9.17, 15) is 14.9 Å². The number of rotatable bonds is 5. The molecular weight excluding hydrogens is 364 g/mol. The molecule has 2 aromatic carbocycles. The number of hydrogen-bond donors (Lipinski definition) is 1. The number of nitro benzene ring substituents is 1. The average molecular weight is 379 g/mol. The van der Waals surface area contributed by atoms with Crippen molar-refractivity contribution in [1.82, 2.24) is 0 Å². The van der Waals surface area contributed by atoms with Crippen molar-refractivity contribution in [2.75, 3.05) is 5.32 Å². The molecule has 0 aliphatic heterocycles. The molecule has 120 valence electrons. The maximum atomic E-state index is 12.2. The molecule has 0 fully saturated rings. The quantitative estimate of drug-likeness (QED) is 0.627. The second kappa shape index (κ2) is 7.23. The van der Waals surface area contributed by atoms with Gasteiger partial charge in [-0.2, -0.15) is 0 Å². The first kappa shape index (κ1) is 17.0. The molecule has 1 amide bonds. The van der Waals surface area contributed by atoms with Gasteiger partial charge in [-0.1, -0.05) is 22.0 Å². The maximum Gasteiger partial charge on any atom is 0.274 e. The van der Waals surface area contributed by atoms with Gasteiger partial charge in [0.25, 0.3) is 11.6 Å². The normalized spacial score (nSPS) is 11.6. The van der Waals surface area contributed by atoms with Crippen LogP contribution in [0.4, 0.5) is 11.4 Å². The SMILES string of the molecule is Cc1c(NC(=O)C(C)Oc2ccc(Br)cc2)cccc1[N+](=O)[O-]. The number of nitrogens with one attached hydrogen (secondary N) is 1. The molecule has 0 aliphatic rings. The van der Waals surface area contributed by atoms with Crippen LogP contribution in [-0.4, -0.2) is 16.9 Å². The lowest BCUT2D eigenvalue weighted by molar-refractivity contribution is -0.385. The standard InChI is InChI=1S/C16H15BrN2O4/c1-10-14(4-3-5-15(10)19(21)22)18-16(20)11(2)23-13-8-6-12(17)7-9-13/h3-9,11H,1-2H3,(H,18,20). The number of hydrogen-bond acceptors (Lipinski definition) is 4. The van der Waals surface area contributed by atoms with Crippen molar-refractivity contribution in [2.24, 2.45) is 0 Å². The van der Waals surface area contributed by atoms with E-state index in [1.165, 1.54) is 12.1 Å². The molecule has 23 heavy (non-hydrogen) atoms. The van der Waals surface area contributed by atoms with Crippen molar-refractivity contribution in [2.45, 2.75) is 20.0 Å².